The molecule has 12 amide bonds. The first-order chi connectivity index (χ1) is 67.3. The molecule has 140 heavy (non-hydrogen) atoms. The highest BCUT2D eigenvalue weighted by Gasteiger charge is 2.35. The molecule has 0 fully saturated rings. The molecule has 1 aliphatic heterocycles. The van der Waals surface area contributed by atoms with Crippen molar-refractivity contribution in [2.45, 2.75) is 89.4 Å². The fraction of sp³-hybridized carbons (Fsp3) is 0.462. The summed E-state index contributed by atoms with van der Waals surface area (Å²) in [6, 6.07) is 23.0. The van der Waals surface area contributed by atoms with E-state index in [0.717, 1.165) is 16.9 Å². The van der Waals surface area contributed by atoms with Gasteiger partial charge in [-0.05, 0) is 106 Å². The molecule has 758 valence electrons. The molecule has 1 aliphatic rings. The van der Waals surface area contributed by atoms with E-state index in [0.29, 0.717) is 128 Å². The molecule has 0 aliphatic carbocycles. The maximum absolute atomic E-state index is 14.1. The van der Waals surface area contributed by atoms with Crippen LogP contribution in [0.1, 0.15) is 140 Å². The van der Waals surface area contributed by atoms with E-state index in [2.05, 4.69) is 84.1 Å². The number of halogens is 1. The Kier molecular flexibility index (Phi) is 44.7. The zero-order valence-corrected chi connectivity index (χ0v) is 80.2. The van der Waals surface area contributed by atoms with Crippen LogP contribution in [0, 0.1) is 10.8 Å². The predicted molar refractivity (Wildman–Crippen MR) is 520 cm³/mol. The molecule has 9 rings (SSSR count). The molecule has 5 aromatic heterocycles. The zero-order chi connectivity index (χ0) is 101. The number of hydrogen-bond acceptors (Lipinski definition) is 27. The average Bonchev–Trinajstić information content (AvgIpc) is 1.03. The molecule has 6 heterocycles. The van der Waals surface area contributed by atoms with Crippen molar-refractivity contribution in [1.82, 2.24) is 75.0 Å². The zero-order valence-electron chi connectivity index (χ0n) is 79.4. The highest BCUT2D eigenvalue weighted by atomic mass is 35.5. The Morgan fingerprint density at radius 2 is 0.879 bits per heavy atom. The third-order valence-electron chi connectivity index (χ3n) is 21.3. The summed E-state index contributed by atoms with van der Waals surface area (Å²) >= 11 is 6.18. The van der Waals surface area contributed by atoms with Gasteiger partial charge in [0.1, 0.15) is 17.4 Å². The lowest BCUT2D eigenvalue weighted by atomic mass is 9.90. The van der Waals surface area contributed by atoms with E-state index in [1.807, 2.05) is 67.6 Å². The largest absolute Gasteiger partial charge is 0.378 e. The summed E-state index contributed by atoms with van der Waals surface area (Å²) in [4.78, 5) is 175. The van der Waals surface area contributed by atoms with Crippen molar-refractivity contribution >= 4 is 140 Å². The molecule has 3 aromatic carbocycles. The summed E-state index contributed by atoms with van der Waals surface area (Å²) in [6.07, 6.45) is 8.47. The van der Waals surface area contributed by atoms with Gasteiger partial charge in [-0.25, -0.2) is 15.0 Å². The Morgan fingerprint density at radius 1 is 0.457 bits per heavy atom. The van der Waals surface area contributed by atoms with Gasteiger partial charge in [-0.2, -0.15) is 0 Å². The van der Waals surface area contributed by atoms with Gasteiger partial charge < -0.3 is 157 Å². The third-order valence-corrected chi connectivity index (χ3v) is 21.5. The number of nitrogens with two attached hydrogens (primary N) is 3. The van der Waals surface area contributed by atoms with Gasteiger partial charge in [0.15, 0.2) is 29.4 Å². The van der Waals surface area contributed by atoms with Crippen LogP contribution in [0.3, 0.4) is 0 Å². The number of carbonyl (C=O) groups excluding carboxylic acids is 12. The summed E-state index contributed by atoms with van der Waals surface area (Å²) in [6.45, 7) is 9.69. The number of ether oxygens (including phenoxy) is 8. The minimum atomic E-state index is -1.04. The van der Waals surface area contributed by atoms with Crippen LogP contribution < -0.4 is 96.1 Å². The number of aromatic nitrogens is 8. The van der Waals surface area contributed by atoms with Crippen molar-refractivity contribution in [3.05, 3.63) is 161 Å². The lowest BCUT2D eigenvalue weighted by Gasteiger charge is -2.40. The van der Waals surface area contributed by atoms with E-state index in [1.165, 1.54) is 80.0 Å². The summed E-state index contributed by atoms with van der Waals surface area (Å²) in [7, 11) is 7.80. The minimum absolute atomic E-state index is 0.0234. The van der Waals surface area contributed by atoms with Gasteiger partial charge in [-0.1, -0.05) is 29.8 Å². The first-order valence-corrected chi connectivity index (χ1v) is 45.9. The summed E-state index contributed by atoms with van der Waals surface area (Å²) < 4.78 is 52.4. The third kappa shape index (κ3) is 36.3. The monoisotopic (exact) mass is 1970 g/mol. The van der Waals surface area contributed by atoms with Gasteiger partial charge >= 0.3 is 0 Å². The number of nitrogens with one attached hydrogen (secondary N) is 15. The van der Waals surface area contributed by atoms with Crippen molar-refractivity contribution in [3.8, 4) is 0 Å². The Labute approximate surface area is 813 Å². The topological polar surface area (TPSA) is 631 Å². The molecule has 0 bridgehead atoms. The predicted octanol–water partition coefficient (Wildman–Crippen LogP) is 2.53. The van der Waals surface area contributed by atoms with Crippen LogP contribution >= 0.6 is 11.6 Å². The number of hydrogen-bond donors (Lipinski definition) is 18. The molecule has 0 radical (unpaired) electrons. The average molecular weight is 1970 g/mol. The van der Waals surface area contributed by atoms with Gasteiger partial charge in [0.25, 0.3) is 35.4 Å². The van der Waals surface area contributed by atoms with Crippen molar-refractivity contribution in [2.75, 3.05) is 193 Å². The number of nitrogens with zero attached hydrogens (tertiary/aromatic N) is 10. The number of anilines is 8. The van der Waals surface area contributed by atoms with Gasteiger partial charge in [0.2, 0.25) is 52.9 Å². The fourth-order valence-electron chi connectivity index (χ4n) is 14.4. The number of amides is 12. The molecule has 0 saturated heterocycles. The second-order valence-electron chi connectivity index (χ2n) is 32.3. The maximum Gasteiger partial charge on any atom is 0.291 e. The summed E-state index contributed by atoms with van der Waals surface area (Å²) in [5, 5.41) is 50.6. The highest BCUT2D eigenvalue weighted by Crippen LogP contribution is 2.42. The normalized spacial score (nSPS) is 13.1. The molecule has 21 N–H and O–H groups in total. The van der Waals surface area contributed by atoms with Crippen LogP contribution in [0.4, 0.5) is 45.9 Å². The quantitative estimate of drug-likeness (QED) is 0.0148. The van der Waals surface area contributed by atoms with Gasteiger partial charge in [0, 0.05) is 177 Å². The summed E-state index contributed by atoms with van der Waals surface area (Å²) in [5.41, 5.74) is 21.2. The van der Waals surface area contributed by atoms with E-state index >= 15 is 0 Å². The number of benzene rings is 3. The second-order valence-corrected chi connectivity index (χ2v) is 32.7. The highest BCUT2D eigenvalue weighted by molar-refractivity contribution is 6.30. The van der Waals surface area contributed by atoms with Crippen molar-refractivity contribution in [3.63, 3.8) is 0 Å². The lowest BCUT2D eigenvalue weighted by molar-refractivity contribution is -0.130. The van der Waals surface area contributed by atoms with Gasteiger partial charge in [0.05, 0.1) is 129 Å². The number of guanidine groups is 2. The Hall–Kier alpha value is -14.2. The molecule has 4 atom stereocenters. The van der Waals surface area contributed by atoms with Crippen LogP contribution in [0.5, 0.6) is 0 Å². The van der Waals surface area contributed by atoms with Gasteiger partial charge in [-0.3, -0.25) is 68.4 Å². The lowest BCUT2D eigenvalue weighted by Crippen LogP contribution is -2.52. The van der Waals surface area contributed by atoms with Crippen molar-refractivity contribution in [2.24, 2.45) is 52.4 Å². The minimum Gasteiger partial charge on any atom is -0.378 e. The first-order valence-electron chi connectivity index (χ1n) is 45.5. The molecule has 0 saturated carbocycles. The summed E-state index contributed by atoms with van der Waals surface area (Å²) in [5.74, 6) is -6.50. The van der Waals surface area contributed by atoms with E-state index in [4.69, 9.17) is 77.5 Å². The first kappa shape index (κ1) is 109. The van der Waals surface area contributed by atoms with Gasteiger partial charge in [-0.15, -0.1) is 0 Å². The number of rotatable bonds is 61. The molecule has 0 spiro atoms. The molecule has 0 unspecified atom stereocenters. The Morgan fingerprint density at radius 3 is 1.33 bits per heavy atom. The molecule has 49 heteroatoms. The van der Waals surface area contributed by atoms with Crippen LogP contribution in [-0.2, 0) is 102 Å². The molecular weight excluding hydrogens is 1840 g/mol. The number of carbonyl (C=O) groups is 12. The fourth-order valence-corrected chi connectivity index (χ4v) is 14.6. The molecule has 8 aromatic rings. The molecule has 48 nitrogen and oxygen atoms in total. The SMILES string of the molecule is CC(=O)N1c2ccc(N(CCOCCOCCOCCOCCOCCOCCOCCOCCNC(=O)c3nc(NC(=O)CCNC(=O)c4cc(NC(=O)c5nc(NC(=O)CCNC(=O)c6cc(NC(=O)c7nc(NC(=O)CCNC(=O)[C@H](CCCNC(=N)N)NC(=O)[C@@H](N)CCCNC(=N)N)cn7C)cn6C)cn5C)cn4C)cn3C)C(=O)c3ccccc3)cc2[C@H](Nc2ccc(Cl)cc2)C[C@@H]1C. The standard InChI is InChI=1S/C91H127ClN28O20/c1-58-49-69(104-62-19-17-61(92)18-20-62)66-52-65(21-22-70(66)120(58)59(2)121)119(89(132)60-13-9-8-10-14-60)32-34-134-36-38-136-40-42-138-44-46-140-48-47-139-45-43-137-41-39-135-37-35-133-33-31-101-86(129)79-111-73(55-116(79)5)108-77(123)24-29-99-84(127)71-50-64(54-114(71)3)106-88(131)81-113-75(57-118(81)7)110-78(124)25-30-100-85(128)72-51-63(53-115(72)4)105-87(130)80-112-74(56-117(80)6)109-76(122)23-28-98-83(126)68(16-12-27-103-91(96)97)107-82(125)67(93)15-11-26-102-90(94)95/h8-10,13-14,17-22,50-58,67-69,104H,11-12,15-16,23-49,93H2,1-7H3,(H,98,126)(H,99,127)(H,100,128)(H,101,129)(H,105,130)(H,106,131)(H,107,125)(H,108,123)(H,109,122)(H,110,124)(H4,94,95,102)(H4,96,97,103)/t58-,67-,68-,69+/m0/s1. The van der Waals surface area contributed by atoms with E-state index in [1.54, 1.807) is 50.0 Å². The number of imidazole rings is 3. The van der Waals surface area contributed by atoms with Crippen LogP contribution in [-0.4, -0.2) is 290 Å². The Bertz CT molecular complexity index is 5490. The second kappa shape index (κ2) is 57.2. The number of aryl methyl sites for hydroxylation is 5. The van der Waals surface area contributed by atoms with E-state index in [-0.39, 0.29) is 185 Å². The smallest absolute Gasteiger partial charge is 0.291 e. The number of fused-ring (bicyclic) bond motifs is 1. The molecular formula is C91H127ClN28O20. The van der Waals surface area contributed by atoms with Crippen molar-refractivity contribution < 1.29 is 95.4 Å². The van der Waals surface area contributed by atoms with E-state index in [9.17, 15) is 57.5 Å². The Balaban J connectivity index is 0.552. The van der Waals surface area contributed by atoms with Crippen LogP contribution in [0.25, 0.3) is 0 Å². The van der Waals surface area contributed by atoms with Crippen LogP contribution in [0.2, 0.25) is 5.02 Å². The maximum atomic E-state index is 14.1. The van der Waals surface area contributed by atoms with E-state index < -0.39 is 71.2 Å². The van der Waals surface area contributed by atoms with Crippen molar-refractivity contribution in [1.29, 1.82) is 10.8 Å². The van der Waals surface area contributed by atoms with Crippen LogP contribution in [0.15, 0.2) is 116 Å².